The molecule has 2 aliphatic heterocycles. The van der Waals surface area contributed by atoms with Gasteiger partial charge in [0, 0.05) is 25.1 Å². The van der Waals surface area contributed by atoms with Gasteiger partial charge in [-0.25, -0.2) is 4.99 Å². The van der Waals surface area contributed by atoms with Crippen molar-refractivity contribution in [1.82, 2.24) is 4.90 Å². The summed E-state index contributed by atoms with van der Waals surface area (Å²) in [6, 6.07) is 21.0. The van der Waals surface area contributed by atoms with E-state index >= 15 is 0 Å². The smallest absolute Gasteiger partial charge is 0.319 e. The predicted molar refractivity (Wildman–Crippen MR) is 106 cm³/mol. The third kappa shape index (κ3) is 3.60. The number of hydrogen-bond acceptors (Lipinski definition) is 3. The average Bonchev–Trinajstić information content (AvgIpc) is 2.81. The zero-order chi connectivity index (χ0) is 17.1. The SMILES string of the molecule is OC1(Cc2ccccc2)C[S+](Cc2ccccc2)C2=NCCCCN21. The molecular weight excluding hydrogens is 328 g/mol. The molecule has 0 radical (unpaired) electrons. The molecule has 4 rings (SSSR count). The Bertz CT molecular complexity index is 734. The van der Waals surface area contributed by atoms with Gasteiger partial charge in [0.25, 0.3) is 0 Å². The number of rotatable bonds is 4. The first-order valence-electron chi connectivity index (χ1n) is 9.04. The lowest BCUT2D eigenvalue weighted by molar-refractivity contribution is -0.0409. The molecule has 1 fully saturated rings. The van der Waals surface area contributed by atoms with Gasteiger partial charge in [-0.15, -0.1) is 0 Å². The lowest BCUT2D eigenvalue weighted by atomic mass is 10.0. The Balaban J connectivity index is 1.62. The summed E-state index contributed by atoms with van der Waals surface area (Å²) in [6.45, 7) is 1.81. The predicted octanol–water partition coefficient (Wildman–Crippen LogP) is 3.20. The van der Waals surface area contributed by atoms with Crippen molar-refractivity contribution in [3.05, 3.63) is 71.8 Å². The summed E-state index contributed by atoms with van der Waals surface area (Å²) >= 11 is 0. The van der Waals surface area contributed by atoms with Gasteiger partial charge in [0.1, 0.15) is 5.75 Å². The van der Waals surface area contributed by atoms with Gasteiger partial charge >= 0.3 is 5.17 Å². The number of nitrogens with zero attached hydrogens (tertiary/aromatic N) is 2. The zero-order valence-electron chi connectivity index (χ0n) is 14.5. The van der Waals surface area contributed by atoms with Gasteiger partial charge in [-0.3, -0.25) is 4.90 Å². The third-order valence-electron chi connectivity index (χ3n) is 4.95. The summed E-state index contributed by atoms with van der Waals surface area (Å²) in [6.07, 6.45) is 2.89. The van der Waals surface area contributed by atoms with Gasteiger partial charge in [-0.2, -0.15) is 0 Å². The molecule has 2 heterocycles. The molecule has 0 aliphatic carbocycles. The minimum absolute atomic E-state index is 0.0231. The maximum atomic E-state index is 11.6. The van der Waals surface area contributed by atoms with Crippen LogP contribution in [0.15, 0.2) is 65.7 Å². The van der Waals surface area contributed by atoms with E-state index in [2.05, 4.69) is 59.5 Å². The molecule has 2 atom stereocenters. The van der Waals surface area contributed by atoms with Crippen molar-refractivity contribution >= 4 is 16.1 Å². The standard InChI is InChI=1S/C21H25N2OS/c24-21(15-18-9-3-1-4-10-18)17-25(16-19-11-5-2-6-12-19)20-22-13-7-8-14-23(20)21/h1-6,9-12,24H,7-8,13-17H2/q+1. The van der Waals surface area contributed by atoms with Crippen LogP contribution in [-0.2, 0) is 23.1 Å². The molecule has 2 aromatic rings. The molecule has 2 aromatic carbocycles. The van der Waals surface area contributed by atoms with Gasteiger partial charge in [-0.05, 0) is 18.4 Å². The summed E-state index contributed by atoms with van der Waals surface area (Å²) in [5.74, 6) is 1.77. The molecular formula is C21H25N2OS+. The van der Waals surface area contributed by atoms with Crippen LogP contribution in [-0.4, -0.2) is 39.7 Å². The highest BCUT2D eigenvalue weighted by atomic mass is 32.2. The van der Waals surface area contributed by atoms with E-state index in [-0.39, 0.29) is 10.9 Å². The van der Waals surface area contributed by atoms with Crippen molar-refractivity contribution in [2.24, 2.45) is 4.99 Å². The van der Waals surface area contributed by atoms with Crippen LogP contribution in [0.1, 0.15) is 24.0 Å². The summed E-state index contributed by atoms with van der Waals surface area (Å²) in [5, 5.41) is 12.7. The maximum Gasteiger partial charge on any atom is 0.319 e. The van der Waals surface area contributed by atoms with Crippen LogP contribution in [0.3, 0.4) is 0 Å². The van der Waals surface area contributed by atoms with Crippen LogP contribution >= 0.6 is 0 Å². The van der Waals surface area contributed by atoms with Crippen molar-refractivity contribution < 1.29 is 5.11 Å². The number of hydrogen-bond donors (Lipinski definition) is 1. The Morgan fingerprint density at radius 2 is 1.64 bits per heavy atom. The van der Waals surface area contributed by atoms with E-state index in [1.165, 1.54) is 11.1 Å². The van der Waals surface area contributed by atoms with Crippen LogP contribution in [0.25, 0.3) is 0 Å². The largest absolute Gasteiger partial charge is 0.366 e. The lowest BCUT2D eigenvalue weighted by Gasteiger charge is -2.30. The second-order valence-electron chi connectivity index (χ2n) is 6.93. The van der Waals surface area contributed by atoms with Crippen molar-refractivity contribution in [2.75, 3.05) is 18.8 Å². The fourth-order valence-corrected chi connectivity index (χ4v) is 6.37. The number of fused-ring (bicyclic) bond motifs is 1. The van der Waals surface area contributed by atoms with E-state index < -0.39 is 5.72 Å². The van der Waals surface area contributed by atoms with Crippen molar-refractivity contribution in [2.45, 2.75) is 30.7 Å². The van der Waals surface area contributed by atoms with E-state index in [1.54, 1.807) is 0 Å². The molecule has 1 saturated heterocycles. The summed E-state index contributed by atoms with van der Waals surface area (Å²) < 4.78 is 0. The maximum absolute atomic E-state index is 11.6. The number of aliphatic imine (C=N–C) groups is 1. The summed E-state index contributed by atoms with van der Waals surface area (Å²) in [5.41, 5.74) is 1.73. The molecule has 1 N–H and O–H groups in total. The van der Waals surface area contributed by atoms with Crippen molar-refractivity contribution in [3.63, 3.8) is 0 Å². The zero-order valence-corrected chi connectivity index (χ0v) is 15.3. The normalized spacial score (nSPS) is 26.0. The molecule has 0 saturated carbocycles. The second kappa shape index (κ2) is 7.22. The molecule has 2 unspecified atom stereocenters. The topological polar surface area (TPSA) is 35.8 Å². The van der Waals surface area contributed by atoms with Crippen LogP contribution < -0.4 is 0 Å². The minimum Gasteiger partial charge on any atom is -0.366 e. The molecule has 3 nitrogen and oxygen atoms in total. The minimum atomic E-state index is -0.803. The van der Waals surface area contributed by atoms with Crippen molar-refractivity contribution in [3.8, 4) is 0 Å². The molecule has 2 aliphatic rings. The van der Waals surface area contributed by atoms with Gasteiger partial charge in [-0.1, -0.05) is 60.7 Å². The Morgan fingerprint density at radius 3 is 2.36 bits per heavy atom. The van der Waals surface area contributed by atoms with Crippen LogP contribution in [0.2, 0.25) is 0 Å². The Hall–Kier alpha value is -1.78. The molecule has 0 bridgehead atoms. The Kier molecular flexibility index (Phi) is 4.82. The van der Waals surface area contributed by atoms with Gasteiger partial charge in [0.15, 0.2) is 11.5 Å². The quantitative estimate of drug-likeness (QED) is 0.857. The number of aliphatic hydroxyl groups is 1. The first-order chi connectivity index (χ1) is 12.2. The molecule has 0 spiro atoms. The highest BCUT2D eigenvalue weighted by molar-refractivity contribution is 8.10. The van der Waals surface area contributed by atoms with Gasteiger partial charge < -0.3 is 5.11 Å². The molecule has 25 heavy (non-hydrogen) atoms. The van der Waals surface area contributed by atoms with E-state index in [0.717, 1.165) is 42.6 Å². The fraction of sp³-hybridized carbons (Fsp3) is 0.381. The number of benzene rings is 2. The molecule has 0 aromatic heterocycles. The van der Waals surface area contributed by atoms with E-state index in [1.807, 2.05) is 6.07 Å². The lowest BCUT2D eigenvalue weighted by Crippen LogP contribution is -2.49. The first-order valence-corrected chi connectivity index (χ1v) is 10.6. The molecule has 4 heteroatoms. The van der Waals surface area contributed by atoms with Crippen LogP contribution in [0, 0.1) is 0 Å². The fourth-order valence-electron chi connectivity index (χ4n) is 3.75. The van der Waals surface area contributed by atoms with Crippen molar-refractivity contribution in [1.29, 1.82) is 0 Å². The number of amidine groups is 1. The Morgan fingerprint density at radius 1 is 0.960 bits per heavy atom. The second-order valence-corrected chi connectivity index (χ2v) is 8.86. The van der Waals surface area contributed by atoms with Crippen LogP contribution in [0.4, 0.5) is 0 Å². The highest BCUT2D eigenvalue weighted by Crippen LogP contribution is 2.34. The van der Waals surface area contributed by atoms with Gasteiger partial charge in [0.2, 0.25) is 0 Å². The van der Waals surface area contributed by atoms with E-state index in [9.17, 15) is 5.11 Å². The molecule has 130 valence electrons. The Labute approximate surface area is 152 Å². The van der Waals surface area contributed by atoms with E-state index in [0.29, 0.717) is 6.42 Å². The van der Waals surface area contributed by atoms with E-state index in [4.69, 9.17) is 4.99 Å². The van der Waals surface area contributed by atoms with Gasteiger partial charge in [0.05, 0.1) is 10.9 Å². The molecule has 0 amide bonds. The third-order valence-corrected chi connectivity index (χ3v) is 7.31. The summed E-state index contributed by atoms with van der Waals surface area (Å²) in [4.78, 5) is 7.12. The van der Waals surface area contributed by atoms with Crippen LogP contribution in [0.5, 0.6) is 0 Å². The summed E-state index contributed by atoms with van der Waals surface area (Å²) in [7, 11) is -0.0231. The first kappa shape index (κ1) is 16.7. The monoisotopic (exact) mass is 353 g/mol. The average molecular weight is 354 g/mol. The highest BCUT2D eigenvalue weighted by Gasteiger charge is 2.55.